The van der Waals surface area contributed by atoms with Crippen LogP contribution in [-0.2, 0) is 9.30 Å². The summed E-state index contributed by atoms with van der Waals surface area (Å²) in [5.74, 6) is -0.579. The Morgan fingerprint density at radius 2 is 2.25 bits per heavy atom. The van der Waals surface area contributed by atoms with E-state index in [4.69, 9.17) is 24.7 Å². The maximum atomic E-state index is 11.8. The summed E-state index contributed by atoms with van der Waals surface area (Å²) in [6.07, 6.45) is 0. The Morgan fingerprint density at radius 3 is 2.80 bits per heavy atom. The molecule has 0 saturated heterocycles. The second-order valence-corrected chi connectivity index (χ2v) is 6.19. The van der Waals surface area contributed by atoms with Crippen molar-refractivity contribution in [2.45, 2.75) is 6.92 Å². The van der Waals surface area contributed by atoms with Gasteiger partial charge in [-0.25, -0.2) is 9.78 Å². The Bertz CT molecular complexity index is 688. The molecule has 4 N–H and O–H groups in total. The van der Waals surface area contributed by atoms with Crippen LogP contribution in [0.25, 0.3) is 11.5 Å². The first-order valence-corrected chi connectivity index (χ1v) is 7.85. The van der Waals surface area contributed by atoms with Crippen LogP contribution >= 0.6 is 18.9 Å². The molecule has 2 rings (SSSR count). The summed E-state index contributed by atoms with van der Waals surface area (Å²) in [7, 11) is -4.50. The van der Waals surface area contributed by atoms with Crippen molar-refractivity contribution < 1.29 is 28.3 Å². The molecule has 0 aliphatic heterocycles. The van der Waals surface area contributed by atoms with E-state index < -0.39 is 19.1 Å². The number of nitrogen functional groups attached to an aromatic ring is 1. The Kier molecular flexibility index (Phi) is 3.96. The van der Waals surface area contributed by atoms with Crippen molar-refractivity contribution in [3.8, 4) is 11.5 Å². The number of carbonyl (C=O) groups is 1. The standard InChI is InChI=1S/C10H11N2O6PS/c1-2-17-9(13)8-7(12-10(11)20-8)5-3-4-6(18-5)19(14,15)16/h3-4H,2H2,1H3,(H2,11,12)(H2,14,15,16). The summed E-state index contributed by atoms with van der Waals surface area (Å²) in [6, 6.07) is 2.44. The van der Waals surface area contributed by atoms with E-state index in [-0.39, 0.29) is 28.1 Å². The number of rotatable bonds is 4. The normalized spacial score (nSPS) is 11.6. The Hall–Kier alpha value is -1.67. The van der Waals surface area contributed by atoms with Gasteiger partial charge in [0, 0.05) is 0 Å². The van der Waals surface area contributed by atoms with Gasteiger partial charge in [-0.05, 0) is 19.1 Å². The molecule has 0 amide bonds. The Labute approximate surface area is 117 Å². The first-order chi connectivity index (χ1) is 9.32. The molecule has 0 bridgehead atoms. The van der Waals surface area contributed by atoms with Crippen LogP contribution in [0.5, 0.6) is 0 Å². The predicted octanol–water partition coefficient (Wildman–Crippen LogP) is 0.965. The van der Waals surface area contributed by atoms with E-state index in [9.17, 15) is 9.36 Å². The van der Waals surface area contributed by atoms with Crippen molar-refractivity contribution in [2.24, 2.45) is 0 Å². The number of hydrogen-bond donors (Lipinski definition) is 3. The summed E-state index contributed by atoms with van der Waals surface area (Å²) >= 11 is 0.912. The number of hydrogen-bond acceptors (Lipinski definition) is 7. The number of anilines is 1. The van der Waals surface area contributed by atoms with E-state index in [0.717, 1.165) is 17.4 Å². The van der Waals surface area contributed by atoms with Crippen LogP contribution in [0.2, 0.25) is 0 Å². The van der Waals surface area contributed by atoms with E-state index >= 15 is 0 Å². The number of esters is 1. The molecule has 0 spiro atoms. The molecular formula is C10H11N2O6PS. The van der Waals surface area contributed by atoms with Gasteiger partial charge in [-0.2, -0.15) is 0 Å². The third-order valence-electron chi connectivity index (χ3n) is 2.22. The van der Waals surface area contributed by atoms with E-state index in [1.807, 2.05) is 0 Å². The first kappa shape index (κ1) is 14.7. The summed E-state index contributed by atoms with van der Waals surface area (Å²) in [4.78, 5) is 33.8. The Morgan fingerprint density at radius 1 is 1.55 bits per heavy atom. The second kappa shape index (κ2) is 5.37. The smallest absolute Gasteiger partial charge is 0.391 e. The highest BCUT2D eigenvalue weighted by atomic mass is 32.1. The molecule has 0 aliphatic rings. The number of nitrogens with zero attached hydrogens (tertiary/aromatic N) is 1. The average molecular weight is 318 g/mol. The molecule has 10 heteroatoms. The van der Waals surface area contributed by atoms with Crippen LogP contribution in [0.3, 0.4) is 0 Å². The monoisotopic (exact) mass is 318 g/mol. The molecule has 0 aromatic carbocycles. The second-order valence-electron chi connectivity index (χ2n) is 3.63. The minimum Gasteiger partial charge on any atom is -0.462 e. The number of carbonyl (C=O) groups excluding carboxylic acids is 1. The van der Waals surface area contributed by atoms with Gasteiger partial charge in [-0.15, -0.1) is 0 Å². The summed E-state index contributed by atoms with van der Waals surface area (Å²) < 4.78 is 21.0. The van der Waals surface area contributed by atoms with Crippen LogP contribution in [-0.4, -0.2) is 27.3 Å². The van der Waals surface area contributed by atoms with Gasteiger partial charge in [-0.1, -0.05) is 11.3 Å². The number of furan rings is 1. The molecule has 2 aromatic rings. The fourth-order valence-electron chi connectivity index (χ4n) is 1.45. The molecule has 2 heterocycles. The number of thiazole rings is 1. The number of ether oxygens (including phenoxy) is 1. The maximum absolute atomic E-state index is 11.8. The third kappa shape index (κ3) is 2.91. The maximum Gasteiger partial charge on any atom is 0.391 e. The highest BCUT2D eigenvalue weighted by Crippen LogP contribution is 2.37. The molecule has 8 nitrogen and oxygen atoms in total. The lowest BCUT2D eigenvalue weighted by molar-refractivity contribution is 0.0532. The Balaban J connectivity index is 2.45. The van der Waals surface area contributed by atoms with Gasteiger partial charge in [0.2, 0.25) is 5.50 Å². The van der Waals surface area contributed by atoms with Gasteiger partial charge in [0.25, 0.3) is 0 Å². The van der Waals surface area contributed by atoms with Gasteiger partial charge in [0.1, 0.15) is 10.6 Å². The minimum atomic E-state index is -4.50. The van der Waals surface area contributed by atoms with Crippen molar-refractivity contribution in [1.82, 2.24) is 4.98 Å². The van der Waals surface area contributed by atoms with Crippen molar-refractivity contribution in [3.63, 3.8) is 0 Å². The van der Waals surface area contributed by atoms with Crippen LogP contribution in [0.4, 0.5) is 5.13 Å². The fourth-order valence-corrected chi connectivity index (χ4v) is 2.67. The fraction of sp³-hybridized carbons (Fsp3) is 0.200. The van der Waals surface area contributed by atoms with Gasteiger partial charge in [0.05, 0.1) is 6.61 Å². The molecule has 0 fully saturated rings. The zero-order valence-corrected chi connectivity index (χ0v) is 12.0. The molecule has 0 saturated carbocycles. The molecule has 0 aliphatic carbocycles. The first-order valence-electron chi connectivity index (χ1n) is 5.42. The molecule has 20 heavy (non-hydrogen) atoms. The van der Waals surface area contributed by atoms with Gasteiger partial charge >= 0.3 is 13.6 Å². The minimum absolute atomic E-state index is 0.0410. The zero-order chi connectivity index (χ0) is 14.9. The van der Waals surface area contributed by atoms with Crippen molar-refractivity contribution in [2.75, 3.05) is 12.3 Å². The molecule has 2 aromatic heterocycles. The summed E-state index contributed by atoms with van der Waals surface area (Å²) in [6.45, 7) is 1.84. The van der Waals surface area contributed by atoms with E-state index in [2.05, 4.69) is 4.98 Å². The lowest BCUT2D eigenvalue weighted by Crippen LogP contribution is -2.04. The van der Waals surface area contributed by atoms with Crippen LogP contribution in [0.15, 0.2) is 16.5 Å². The predicted molar refractivity (Wildman–Crippen MR) is 71.9 cm³/mol. The van der Waals surface area contributed by atoms with Crippen molar-refractivity contribution in [3.05, 3.63) is 17.0 Å². The highest BCUT2D eigenvalue weighted by Gasteiger charge is 2.26. The quantitative estimate of drug-likeness (QED) is 0.560. The summed E-state index contributed by atoms with van der Waals surface area (Å²) in [5.41, 5.74) is 5.14. The van der Waals surface area contributed by atoms with E-state index in [1.165, 1.54) is 6.07 Å². The highest BCUT2D eigenvalue weighted by molar-refractivity contribution is 7.59. The van der Waals surface area contributed by atoms with Gasteiger partial charge in [0.15, 0.2) is 10.9 Å². The van der Waals surface area contributed by atoms with E-state index in [1.54, 1.807) is 6.92 Å². The molecule has 0 unspecified atom stereocenters. The van der Waals surface area contributed by atoms with Crippen LogP contribution in [0.1, 0.15) is 16.6 Å². The zero-order valence-electron chi connectivity index (χ0n) is 10.3. The van der Waals surface area contributed by atoms with Gasteiger partial charge < -0.3 is 24.7 Å². The molecule has 0 atom stereocenters. The van der Waals surface area contributed by atoms with E-state index in [0.29, 0.717) is 0 Å². The molecular weight excluding hydrogens is 307 g/mol. The van der Waals surface area contributed by atoms with Gasteiger partial charge in [-0.3, -0.25) is 4.57 Å². The number of aromatic nitrogens is 1. The summed E-state index contributed by atoms with van der Waals surface area (Å²) in [5, 5.41) is 0.122. The van der Waals surface area contributed by atoms with Crippen molar-refractivity contribution >= 4 is 35.5 Å². The van der Waals surface area contributed by atoms with Crippen LogP contribution < -0.4 is 11.2 Å². The lowest BCUT2D eigenvalue weighted by Gasteiger charge is -2.00. The largest absolute Gasteiger partial charge is 0.462 e. The number of nitrogens with two attached hydrogens (primary N) is 1. The topological polar surface area (TPSA) is 136 Å². The average Bonchev–Trinajstić information content (AvgIpc) is 2.94. The SMILES string of the molecule is CCOC(=O)c1sc(N)nc1-c1ccc(P(=O)(O)O)o1. The molecule has 0 radical (unpaired) electrons. The van der Waals surface area contributed by atoms with Crippen molar-refractivity contribution in [1.29, 1.82) is 0 Å². The lowest BCUT2D eigenvalue weighted by atomic mass is 10.3. The molecule has 108 valence electrons. The third-order valence-corrected chi connectivity index (χ3v) is 3.90. The van der Waals surface area contributed by atoms with Crippen LogP contribution in [0, 0.1) is 0 Å².